The largest absolute Gasteiger partial charge is 0.494 e. The van der Waals surface area contributed by atoms with Crippen molar-refractivity contribution in [3.05, 3.63) is 89.6 Å². The molecular weight excluding hydrogens is 646 g/mol. The van der Waals surface area contributed by atoms with Crippen LogP contribution in [-0.2, 0) is 27.3 Å². The molecule has 0 saturated carbocycles. The number of amides is 4. The number of hydrogen-bond acceptors (Lipinski definition) is 9. The molecule has 13 nitrogen and oxygen atoms in total. The molecule has 1 atom stereocenters. The lowest BCUT2D eigenvalue weighted by Gasteiger charge is -2.36. The van der Waals surface area contributed by atoms with Gasteiger partial charge in [0.25, 0.3) is 5.91 Å². The summed E-state index contributed by atoms with van der Waals surface area (Å²) in [5, 5.41) is 9.70. The Balaban J connectivity index is 1.22. The van der Waals surface area contributed by atoms with Gasteiger partial charge in [0.05, 0.1) is 25.2 Å². The van der Waals surface area contributed by atoms with Crippen molar-refractivity contribution < 1.29 is 28.4 Å². The molecule has 0 radical (unpaired) electrons. The van der Waals surface area contributed by atoms with Crippen molar-refractivity contribution >= 4 is 35.4 Å². The number of benzene rings is 2. The van der Waals surface area contributed by atoms with Gasteiger partial charge in [0.2, 0.25) is 17.7 Å². The Morgan fingerprint density at radius 1 is 0.980 bits per heavy atom. The number of imidazole rings is 1. The molecule has 0 aliphatic carbocycles. The minimum Gasteiger partial charge on any atom is -0.494 e. The zero-order chi connectivity index (χ0) is 34.2. The zero-order valence-corrected chi connectivity index (χ0v) is 28.1. The molecule has 6 rings (SSSR count). The van der Waals surface area contributed by atoms with Gasteiger partial charge in [-0.05, 0) is 30.4 Å². The van der Waals surface area contributed by atoms with Gasteiger partial charge in [0, 0.05) is 62.1 Å². The van der Waals surface area contributed by atoms with Crippen LogP contribution in [-0.4, -0.2) is 99.5 Å². The Hall–Kier alpha value is -5.11. The molecule has 256 valence electrons. The van der Waals surface area contributed by atoms with Gasteiger partial charge in [0.1, 0.15) is 18.3 Å². The Morgan fingerprint density at radius 2 is 1.80 bits per heavy atom. The van der Waals surface area contributed by atoms with Crippen LogP contribution in [0.3, 0.4) is 0 Å². The van der Waals surface area contributed by atoms with Crippen LogP contribution >= 0.6 is 11.8 Å². The van der Waals surface area contributed by atoms with E-state index in [2.05, 4.69) is 15.8 Å². The van der Waals surface area contributed by atoms with Gasteiger partial charge in [-0.1, -0.05) is 47.6 Å². The summed E-state index contributed by atoms with van der Waals surface area (Å²) in [6.45, 7) is 1.14. The topological polar surface area (TPSA) is 152 Å². The summed E-state index contributed by atoms with van der Waals surface area (Å²) in [5.74, 6) is 0.722. The number of ether oxygens (including phenoxy) is 1. The second-order valence-corrected chi connectivity index (χ2v) is 12.8. The maximum absolute atomic E-state index is 13.5. The van der Waals surface area contributed by atoms with Crippen LogP contribution in [0.1, 0.15) is 46.3 Å². The SMILES string of the molecule is CSCCC(=O)N1CCc2c3ncn2CC(=O)NCCN(C(=O)c2cc(-c4ccccc4)on2)CC(=O)NCCCOc2cccc(c2)C31. The molecule has 2 N–H and O–H groups in total. The summed E-state index contributed by atoms with van der Waals surface area (Å²) in [5.41, 5.74) is 3.33. The van der Waals surface area contributed by atoms with Gasteiger partial charge in [-0.2, -0.15) is 11.8 Å². The van der Waals surface area contributed by atoms with E-state index < -0.39 is 11.9 Å². The average molecular weight is 686 g/mol. The molecule has 0 saturated heterocycles. The minimum atomic E-state index is -0.493. The van der Waals surface area contributed by atoms with E-state index in [0.29, 0.717) is 50.5 Å². The van der Waals surface area contributed by atoms with Gasteiger partial charge in [-0.15, -0.1) is 0 Å². The summed E-state index contributed by atoms with van der Waals surface area (Å²) in [6.07, 6.45) is 5.13. The molecule has 0 fully saturated rings. The average Bonchev–Trinajstić information content (AvgIpc) is 3.77. The van der Waals surface area contributed by atoms with Crippen LogP contribution in [0, 0.1) is 0 Å². The van der Waals surface area contributed by atoms with Gasteiger partial charge in [0.15, 0.2) is 11.5 Å². The first-order valence-corrected chi connectivity index (χ1v) is 17.7. The molecule has 6 bridgehead atoms. The number of carbonyl (C=O) groups excluding carboxylic acids is 4. The normalized spacial score (nSPS) is 17.4. The maximum atomic E-state index is 13.5. The monoisotopic (exact) mass is 685 g/mol. The minimum absolute atomic E-state index is 0.0107. The second kappa shape index (κ2) is 15.9. The summed E-state index contributed by atoms with van der Waals surface area (Å²) >= 11 is 1.63. The molecule has 49 heavy (non-hydrogen) atoms. The van der Waals surface area contributed by atoms with Crippen LogP contribution in [0.15, 0.2) is 71.5 Å². The molecule has 2 aliphatic rings. The first kappa shape index (κ1) is 33.8. The van der Waals surface area contributed by atoms with E-state index >= 15 is 0 Å². The molecule has 0 spiro atoms. The number of thioether (sulfide) groups is 1. The number of rotatable bonds is 5. The number of nitrogens with one attached hydrogen (secondary N) is 2. The van der Waals surface area contributed by atoms with Crippen LogP contribution in [0.5, 0.6) is 5.75 Å². The summed E-state index contributed by atoms with van der Waals surface area (Å²) in [4.78, 5) is 61.0. The quantitative estimate of drug-likeness (QED) is 0.323. The highest BCUT2D eigenvalue weighted by Crippen LogP contribution is 2.36. The molecule has 14 heteroatoms. The fourth-order valence-corrected chi connectivity index (χ4v) is 6.44. The number of nitrogens with zero attached hydrogens (tertiary/aromatic N) is 5. The molecule has 2 aromatic carbocycles. The van der Waals surface area contributed by atoms with Crippen LogP contribution in [0.25, 0.3) is 11.3 Å². The predicted molar refractivity (Wildman–Crippen MR) is 183 cm³/mol. The molecule has 4 heterocycles. The molecule has 2 aromatic heterocycles. The Kier molecular flexibility index (Phi) is 10.9. The van der Waals surface area contributed by atoms with Gasteiger partial charge >= 0.3 is 0 Å². The molecular formula is C35H39N7O6S. The standard InChI is InChI=1S/C35H39N7O6S/c1-49-18-12-32(45)42-15-11-28-33-34(42)25-9-5-10-26(19-25)47-17-6-13-36-30(43)21-40(16-14-37-31(44)22-41(28)23-38-33)35(46)27-20-29(48-39-27)24-7-3-2-4-8-24/h2-5,7-10,19-20,23,34H,6,11-18,21-22H2,1H3,(H,36,43)(H,37,44). The highest BCUT2D eigenvalue weighted by Gasteiger charge is 2.35. The number of hydrogen-bond donors (Lipinski definition) is 2. The van der Waals surface area contributed by atoms with E-state index in [0.717, 1.165) is 28.3 Å². The molecule has 1 unspecified atom stereocenters. The van der Waals surface area contributed by atoms with E-state index in [9.17, 15) is 19.2 Å². The molecule has 4 aromatic rings. The zero-order valence-electron chi connectivity index (χ0n) is 27.3. The highest BCUT2D eigenvalue weighted by molar-refractivity contribution is 7.98. The lowest BCUT2D eigenvalue weighted by atomic mass is 9.95. The van der Waals surface area contributed by atoms with Crippen molar-refractivity contribution in [1.29, 1.82) is 0 Å². The van der Waals surface area contributed by atoms with Gasteiger partial charge in [-0.25, -0.2) is 4.98 Å². The summed E-state index contributed by atoms with van der Waals surface area (Å²) in [6, 6.07) is 18.0. The van der Waals surface area contributed by atoms with Crippen molar-refractivity contribution in [1.82, 2.24) is 35.1 Å². The van der Waals surface area contributed by atoms with E-state index in [1.165, 1.54) is 4.90 Å². The second-order valence-electron chi connectivity index (χ2n) is 11.8. The molecule has 2 aliphatic heterocycles. The summed E-state index contributed by atoms with van der Waals surface area (Å²) < 4.78 is 13.3. The van der Waals surface area contributed by atoms with Crippen molar-refractivity contribution in [3.8, 4) is 17.1 Å². The van der Waals surface area contributed by atoms with Gasteiger partial charge < -0.3 is 34.3 Å². The lowest BCUT2D eigenvalue weighted by Crippen LogP contribution is -2.45. The van der Waals surface area contributed by atoms with E-state index in [1.54, 1.807) is 24.2 Å². The van der Waals surface area contributed by atoms with Crippen molar-refractivity contribution in [2.45, 2.75) is 31.8 Å². The Bertz CT molecular complexity index is 1790. The third-order valence-corrected chi connectivity index (χ3v) is 9.10. The predicted octanol–water partition coefficient (Wildman–Crippen LogP) is 2.92. The number of aromatic nitrogens is 3. The third-order valence-electron chi connectivity index (χ3n) is 8.49. The summed E-state index contributed by atoms with van der Waals surface area (Å²) in [7, 11) is 0. The highest BCUT2D eigenvalue weighted by atomic mass is 32.2. The Morgan fingerprint density at radius 3 is 2.63 bits per heavy atom. The van der Waals surface area contributed by atoms with E-state index in [4.69, 9.17) is 14.2 Å². The van der Waals surface area contributed by atoms with Crippen LogP contribution in [0.4, 0.5) is 0 Å². The lowest BCUT2D eigenvalue weighted by molar-refractivity contribution is -0.133. The first-order chi connectivity index (χ1) is 23.9. The maximum Gasteiger partial charge on any atom is 0.276 e. The fraction of sp³-hybridized carbons (Fsp3) is 0.371. The first-order valence-electron chi connectivity index (χ1n) is 16.3. The fourth-order valence-electron chi connectivity index (χ4n) is 6.07. The smallest absolute Gasteiger partial charge is 0.276 e. The number of carbonyl (C=O) groups is 4. The van der Waals surface area contributed by atoms with Crippen molar-refractivity contribution in [2.24, 2.45) is 0 Å². The number of fused-ring (bicyclic) bond motifs is 3. The molecule has 4 amide bonds. The van der Waals surface area contributed by atoms with Crippen LogP contribution < -0.4 is 15.4 Å². The van der Waals surface area contributed by atoms with E-state index in [1.807, 2.05) is 70.3 Å². The van der Waals surface area contributed by atoms with Gasteiger partial charge in [-0.3, -0.25) is 19.2 Å². The van der Waals surface area contributed by atoms with Crippen molar-refractivity contribution in [3.63, 3.8) is 0 Å². The Labute approximate surface area is 288 Å². The van der Waals surface area contributed by atoms with E-state index in [-0.39, 0.29) is 49.6 Å². The van der Waals surface area contributed by atoms with Crippen molar-refractivity contribution in [2.75, 3.05) is 51.3 Å². The third kappa shape index (κ3) is 8.13. The van der Waals surface area contributed by atoms with Crippen LogP contribution in [0.2, 0.25) is 0 Å².